The van der Waals surface area contributed by atoms with E-state index in [4.69, 9.17) is 9.47 Å². The maximum atomic E-state index is 14.9. The average molecular weight is 830 g/mol. The minimum atomic E-state index is -3.89. The van der Waals surface area contributed by atoms with E-state index in [9.17, 15) is 27.6 Å². The zero-order valence-electron chi connectivity index (χ0n) is 34.2. The van der Waals surface area contributed by atoms with Crippen molar-refractivity contribution in [3.05, 3.63) is 66.5 Å². The second kappa shape index (κ2) is 15.9. The minimum absolute atomic E-state index is 0.0914. The summed E-state index contributed by atoms with van der Waals surface area (Å²) in [5, 5.41) is 11.7. The highest BCUT2D eigenvalue weighted by atomic mass is 32.2. The minimum Gasteiger partial charge on any atom is -0.497 e. The number of alkyl carbamates (subject to hydrolysis) is 1. The smallest absolute Gasteiger partial charge is 0.408 e. The molecule has 6 atom stereocenters. The van der Waals surface area contributed by atoms with Gasteiger partial charge in [0.25, 0.3) is 5.91 Å². The number of nitrogens with one attached hydrogen (secondary N) is 3. The van der Waals surface area contributed by atoms with Crippen molar-refractivity contribution in [2.24, 2.45) is 17.8 Å². The molecular weight excluding hydrogens is 775 g/mol. The predicted molar refractivity (Wildman–Crippen MR) is 220 cm³/mol. The summed E-state index contributed by atoms with van der Waals surface area (Å²) < 4.78 is 41.2. The number of ether oxygens (including phenoxy) is 2. The van der Waals surface area contributed by atoms with E-state index in [0.717, 1.165) is 40.6 Å². The third kappa shape index (κ3) is 8.70. The Morgan fingerprint density at radius 3 is 2.58 bits per heavy atom. The Balaban J connectivity index is 1.10. The Kier molecular flexibility index (Phi) is 11.0. The van der Waals surface area contributed by atoms with Crippen LogP contribution in [0.25, 0.3) is 16.5 Å². The number of benzene rings is 2. The van der Waals surface area contributed by atoms with Crippen molar-refractivity contribution >= 4 is 44.6 Å². The van der Waals surface area contributed by atoms with Crippen LogP contribution in [0.15, 0.2) is 60.9 Å². The normalized spacial score (nSPS) is 28.3. The van der Waals surface area contributed by atoms with Crippen LogP contribution in [0, 0.1) is 17.8 Å². The highest BCUT2D eigenvalue weighted by Crippen LogP contribution is 2.47. The van der Waals surface area contributed by atoms with E-state index in [-0.39, 0.29) is 30.7 Å². The molecule has 2 aliphatic carbocycles. The largest absolute Gasteiger partial charge is 0.497 e. The van der Waals surface area contributed by atoms with Gasteiger partial charge >= 0.3 is 6.09 Å². The molecule has 3 N–H and O–H groups in total. The summed E-state index contributed by atoms with van der Waals surface area (Å²) in [7, 11) is -2.25. The van der Waals surface area contributed by atoms with E-state index in [1.54, 1.807) is 39.0 Å². The van der Waals surface area contributed by atoms with Gasteiger partial charge in [-0.25, -0.2) is 17.9 Å². The van der Waals surface area contributed by atoms with E-state index < -0.39 is 62.3 Å². The van der Waals surface area contributed by atoms with E-state index in [1.807, 2.05) is 47.3 Å². The molecule has 5 aliphatic rings. The van der Waals surface area contributed by atoms with Gasteiger partial charge in [-0.1, -0.05) is 31.1 Å². The fraction of sp³-hybridized carbons (Fsp3) is 0.558. The molecular formula is C43H55N7O8S. The molecule has 0 spiro atoms. The third-order valence-corrected chi connectivity index (χ3v) is 14.2. The maximum Gasteiger partial charge on any atom is 0.408 e. The van der Waals surface area contributed by atoms with Crippen molar-refractivity contribution in [2.75, 3.05) is 26.7 Å². The van der Waals surface area contributed by atoms with Gasteiger partial charge in [-0.3, -0.25) is 24.0 Å². The van der Waals surface area contributed by atoms with Crippen molar-refractivity contribution in [3.8, 4) is 11.4 Å². The van der Waals surface area contributed by atoms with Crippen molar-refractivity contribution in [2.45, 2.75) is 107 Å². The summed E-state index contributed by atoms with van der Waals surface area (Å²) in [5.41, 5.74) is -0.292. The number of methoxy groups -OCH3 is 1. The zero-order chi connectivity index (χ0) is 41.7. The first-order chi connectivity index (χ1) is 28.1. The SMILES string of the molecule is COc1ccc2c(CN3C[C@H]4CN5C(=O)[C@H](NC(=O)OC(C)(C)C)CCCCC/C=C\[C@H]6C[C@@]6(C(=O)NS(=O)(=O)C6CC6)NC(=O)[C@@H]5[C@H]4C3)cc(-n3cccn3)cc2c1. The standard InChI is InChI=1S/C43H55N7O8S/c1-42(2,3)58-41(54)45-36-12-9-7-5-6-8-11-30-22-43(30,40(53)47-59(55,56)33-14-15-33)46-38(51)37-35-26-48(24-29(35)25-49(37)39(36)52)23-28-20-31(50-18-10-17-44-50)19-27-21-32(57-4)13-16-34(27)28/h8,10-11,13,16-21,29-30,33,35-37H,5-7,9,12,14-15,22-26H2,1-4H3,(H,45,54)(H,46,51)(H,47,53)/b11-8-/t29-,30-,35-,36+,37-,43+/m0/s1. The van der Waals surface area contributed by atoms with Gasteiger partial charge in [0, 0.05) is 50.4 Å². The topological polar surface area (TPSA) is 181 Å². The monoisotopic (exact) mass is 829 g/mol. The van der Waals surface area contributed by atoms with E-state index in [1.165, 1.54) is 0 Å². The second-order valence-electron chi connectivity index (χ2n) is 17.9. The number of rotatable bonds is 8. The fourth-order valence-electron chi connectivity index (χ4n) is 9.20. The Morgan fingerprint density at radius 2 is 1.85 bits per heavy atom. The van der Waals surface area contributed by atoms with Gasteiger partial charge in [-0.15, -0.1) is 0 Å². The quantitative estimate of drug-likeness (QED) is 0.279. The molecule has 2 aromatic carbocycles. The van der Waals surface area contributed by atoms with E-state index >= 15 is 0 Å². The molecule has 2 saturated heterocycles. The molecule has 0 bridgehead atoms. The molecule has 0 radical (unpaired) electrons. The summed E-state index contributed by atoms with van der Waals surface area (Å²) >= 11 is 0. The molecule has 8 rings (SSSR count). The zero-order valence-corrected chi connectivity index (χ0v) is 35.0. The van der Waals surface area contributed by atoms with Crippen LogP contribution in [0.1, 0.15) is 77.7 Å². The number of sulfonamides is 1. The van der Waals surface area contributed by atoms with Crippen LogP contribution in [0.3, 0.4) is 0 Å². The first-order valence-electron chi connectivity index (χ1n) is 20.8. The third-order valence-electron chi connectivity index (χ3n) is 12.4. The van der Waals surface area contributed by atoms with Crippen LogP contribution < -0.4 is 20.1 Å². The molecule has 3 aromatic rings. The van der Waals surface area contributed by atoms with Crippen LogP contribution in [-0.2, 0) is 35.7 Å². The maximum absolute atomic E-state index is 14.9. The number of fused-ring (bicyclic) bond motifs is 5. The lowest BCUT2D eigenvalue weighted by atomic mass is 9.93. The van der Waals surface area contributed by atoms with Crippen LogP contribution in [0.2, 0.25) is 0 Å². The van der Waals surface area contributed by atoms with Gasteiger partial charge in [0.2, 0.25) is 21.8 Å². The molecule has 59 heavy (non-hydrogen) atoms. The molecule has 15 nitrogen and oxygen atoms in total. The first kappa shape index (κ1) is 40.8. The molecule has 4 amide bonds. The van der Waals surface area contributed by atoms with Crippen molar-refractivity contribution in [3.63, 3.8) is 0 Å². The number of nitrogens with zero attached hydrogens (tertiary/aromatic N) is 4. The van der Waals surface area contributed by atoms with Crippen molar-refractivity contribution < 1.29 is 37.1 Å². The fourth-order valence-corrected chi connectivity index (χ4v) is 10.6. The van der Waals surface area contributed by atoms with Gasteiger partial charge in [-0.2, -0.15) is 5.10 Å². The van der Waals surface area contributed by atoms with Crippen LogP contribution in [-0.4, -0.2) is 107 Å². The number of amides is 4. The molecule has 2 saturated carbocycles. The lowest BCUT2D eigenvalue weighted by Crippen LogP contribution is -2.60. The number of hydrogen-bond acceptors (Lipinski definition) is 10. The molecule has 16 heteroatoms. The Morgan fingerprint density at radius 1 is 1.03 bits per heavy atom. The van der Waals surface area contributed by atoms with Gasteiger partial charge in [0.15, 0.2) is 0 Å². The first-order valence-corrected chi connectivity index (χ1v) is 22.4. The molecule has 316 valence electrons. The van der Waals surface area contributed by atoms with Crippen molar-refractivity contribution in [1.82, 2.24) is 34.9 Å². The van der Waals surface area contributed by atoms with Crippen LogP contribution >= 0.6 is 0 Å². The van der Waals surface area contributed by atoms with Gasteiger partial charge in [0.1, 0.15) is 29.0 Å². The van der Waals surface area contributed by atoms with Gasteiger partial charge < -0.3 is 25.0 Å². The summed E-state index contributed by atoms with van der Waals surface area (Å²) in [6, 6.07) is 10.1. The predicted octanol–water partition coefficient (Wildman–Crippen LogP) is 4.19. The summed E-state index contributed by atoms with van der Waals surface area (Å²) in [6.45, 7) is 7.19. The second-order valence-corrected chi connectivity index (χ2v) is 19.9. The van der Waals surface area contributed by atoms with E-state index in [2.05, 4.69) is 37.5 Å². The van der Waals surface area contributed by atoms with Crippen LogP contribution in [0.4, 0.5) is 4.79 Å². The van der Waals surface area contributed by atoms with Crippen molar-refractivity contribution in [1.29, 1.82) is 0 Å². The molecule has 4 heterocycles. The number of carbonyl (C=O) groups is 4. The highest BCUT2D eigenvalue weighted by molar-refractivity contribution is 7.91. The van der Waals surface area contributed by atoms with Gasteiger partial charge in [0.05, 0.1) is 18.0 Å². The lowest BCUT2D eigenvalue weighted by Gasteiger charge is -2.33. The highest BCUT2D eigenvalue weighted by Gasteiger charge is 2.63. The number of allylic oxidation sites excluding steroid dienone is 1. The van der Waals surface area contributed by atoms with Gasteiger partial charge in [-0.05, 0) is 112 Å². The number of hydrogen-bond donors (Lipinski definition) is 3. The summed E-state index contributed by atoms with van der Waals surface area (Å²) in [4.78, 5) is 60.5. The lowest BCUT2D eigenvalue weighted by molar-refractivity contribution is -0.142. The number of aromatic nitrogens is 2. The van der Waals surface area contributed by atoms with E-state index in [0.29, 0.717) is 51.7 Å². The Labute approximate surface area is 345 Å². The Bertz CT molecular complexity index is 2250. The Hall–Kier alpha value is -4.96. The molecule has 0 unspecified atom stereocenters. The molecule has 4 fully saturated rings. The van der Waals surface area contributed by atoms with Crippen LogP contribution in [0.5, 0.6) is 5.75 Å². The summed E-state index contributed by atoms with van der Waals surface area (Å²) in [6.07, 6.45) is 11.4. The average Bonchev–Trinajstić information content (AvgIpc) is 3.99. The molecule has 3 aliphatic heterocycles. The molecule has 1 aromatic heterocycles. The number of carbonyl (C=O) groups excluding carboxylic acids is 4. The summed E-state index contributed by atoms with van der Waals surface area (Å²) in [5.74, 6) is -1.69. The number of likely N-dealkylation sites (tertiary alicyclic amines) is 1.